The Bertz CT molecular complexity index is 2620. The molecule has 8 rings (SSSR count). The number of allylic oxidation sites excluding steroid dienone is 1. The van der Waals surface area contributed by atoms with Gasteiger partial charge < -0.3 is 29.9 Å². The number of benzene rings is 4. The van der Waals surface area contributed by atoms with Crippen LogP contribution in [0.4, 0.5) is 0 Å². The van der Waals surface area contributed by atoms with Crippen LogP contribution in [0.15, 0.2) is 78.9 Å². The van der Waals surface area contributed by atoms with Crippen molar-refractivity contribution in [1.29, 1.82) is 0 Å². The Morgan fingerprint density at radius 3 is 1.69 bits per heavy atom. The number of hydrogen-bond acceptors (Lipinski definition) is 6. The summed E-state index contributed by atoms with van der Waals surface area (Å²) in [5, 5.41) is 40.6. The molecule has 4 N–H and O–H groups in total. The Hall–Kier alpha value is -4.32. The largest absolute Gasteiger partial charge is 1.00 e. The van der Waals surface area contributed by atoms with E-state index in [9.17, 15) is 39.6 Å². The standard InChI is InChI=1S/C61H72Cl2O10.Na/c1-35(2)12-10-13-36(3)49-22-23-50-46-21-20-42-28-37(24-26-60(42,4)51(46)25-27-61(49,50)5)14-11-19-43(40-29-47(58(68)69)54(52(62)31-40)72-33-38-15-6-8-17-44(38)56(64)65)41-30-48(59(70)71)55(53(63)32-41)73-34-39-16-7-9-18-45(39)57(66)67;/h6-9,15-19,29-32,35-37,42,46,49-51H,10-14,20-28,33-34H2,1-5H3,(H,64,65)(H,66,67)(H,68,69)(H,70,71);/q;+1/t36-,37+,42?,46+,49-,50+,51+,60+,61-;/m1./s1. The van der Waals surface area contributed by atoms with Gasteiger partial charge in [-0.25, -0.2) is 19.2 Å². The zero-order chi connectivity index (χ0) is 52.4. The number of carboxylic acids is 4. The summed E-state index contributed by atoms with van der Waals surface area (Å²) in [5.41, 5.74) is 2.20. The van der Waals surface area contributed by atoms with E-state index in [2.05, 4.69) is 34.6 Å². The van der Waals surface area contributed by atoms with E-state index < -0.39 is 23.9 Å². The summed E-state index contributed by atoms with van der Waals surface area (Å²) in [5.74, 6) is 0.679. The molecule has 0 aliphatic heterocycles. The summed E-state index contributed by atoms with van der Waals surface area (Å²) in [6, 6.07) is 18.5. The van der Waals surface area contributed by atoms with Gasteiger partial charge in [-0.05, 0) is 182 Å². The van der Waals surface area contributed by atoms with Crippen molar-refractivity contribution in [3.05, 3.63) is 133 Å². The van der Waals surface area contributed by atoms with Crippen LogP contribution in [0.5, 0.6) is 11.5 Å². The summed E-state index contributed by atoms with van der Waals surface area (Å²) < 4.78 is 11.9. The van der Waals surface area contributed by atoms with E-state index in [0.717, 1.165) is 48.3 Å². The van der Waals surface area contributed by atoms with Gasteiger partial charge in [0.25, 0.3) is 0 Å². The minimum absolute atomic E-state index is 0. The molecule has 0 saturated heterocycles. The van der Waals surface area contributed by atoms with Crippen molar-refractivity contribution in [2.45, 2.75) is 138 Å². The molecule has 4 fully saturated rings. The quantitative estimate of drug-likeness (QED) is 0.0626. The molecule has 4 saturated carbocycles. The second-order valence-electron chi connectivity index (χ2n) is 22.8. The third-order valence-electron chi connectivity index (χ3n) is 18.3. The molecule has 10 nitrogen and oxygen atoms in total. The van der Waals surface area contributed by atoms with Crippen LogP contribution >= 0.6 is 23.2 Å². The zero-order valence-electron chi connectivity index (χ0n) is 43.9. The van der Waals surface area contributed by atoms with E-state index >= 15 is 0 Å². The minimum atomic E-state index is -1.33. The first-order valence-electron chi connectivity index (χ1n) is 26.5. The van der Waals surface area contributed by atoms with Crippen molar-refractivity contribution in [2.75, 3.05) is 0 Å². The molecule has 4 aliphatic carbocycles. The van der Waals surface area contributed by atoms with Gasteiger partial charge in [0.2, 0.25) is 0 Å². The number of hydrogen-bond donors (Lipinski definition) is 4. The average Bonchev–Trinajstić information content (AvgIpc) is 3.71. The number of ether oxygens (including phenoxy) is 2. The van der Waals surface area contributed by atoms with Gasteiger partial charge in [0, 0.05) is 11.1 Å². The number of carboxylic acid groups (broad SMARTS) is 4. The normalized spacial score (nSPS) is 25.4. The van der Waals surface area contributed by atoms with E-state index in [-0.39, 0.29) is 86.6 Å². The monoisotopic (exact) mass is 1060 g/mol. The summed E-state index contributed by atoms with van der Waals surface area (Å²) in [6.07, 6.45) is 19.1. The summed E-state index contributed by atoms with van der Waals surface area (Å²) in [4.78, 5) is 49.8. The second-order valence-corrected chi connectivity index (χ2v) is 23.6. The number of rotatable bonds is 20. The van der Waals surface area contributed by atoms with Crippen molar-refractivity contribution in [2.24, 2.45) is 58.2 Å². The third kappa shape index (κ3) is 12.1. The van der Waals surface area contributed by atoms with Crippen molar-refractivity contribution >= 4 is 52.7 Å². The van der Waals surface area contributed by atoms with E-state index in [4.69, 9.17) is 32.7 Å². The van der Waals surface area contributed by atoms with Crippen LogP contribution < -0.4 is 39.0 Å². The summed E-state index contributed by atoms with van der Waals surface area (Å²) in [7, 11) is 0. The smallest absolute Gasteiger partial charge is 0.486 e. The first-order valence-corrected chi connectivity index (χ1v) is 27.3. The van der Waals surface area contributed by atoms with Crippen LogP contribution in [-0.4, -0.2) is 44.3 Å². The molecule has 0 spiro atoms. The molecule has 4 aliphatic rings. The van der Waals surface area contributed by atoms with Crippen molar-refractivity contribution in [3.8, 4) is 11.5 Å². The van der Waals surface area contributed by atoms with Gasteiger partial charge in [0.05, 0.1) is 21.2 Å². The SMILES string of the molecule is CC(C)CCC[C@@H](C)[C@H]1CC[C@H]2[C@@H]3CCC4C[C@@H](CCC=C(c5cc(Cl)c(OCc6ccccc6C(=O)O)c(C(=O)O)c5)c5cc(Cl)c(OCc6ccccc6C(=O)O)c(C(=O)O)c5)CC[C@]4(C)[C@H]3CC[C@]12C.[Na+]. The zero-order valence-corrected chi connectivity index (χ0v) is 47.4. The Morgan fingerprint density at radius 2 is 1.16 bits per heavy atom. The molecule has 0 radical (unpaired) electrons. The molecule has 74 heavy (non-hydrogen) atoms. The fraction of sp³-hybridized carbons (Fsp3) is 0.508. The van der Waals surface area contributed by atoms with Gasteiger partial charge in [-0.15, -0.1) is 0 Å². The molecule has 390 valence electrons. The number of carbonyl (C=O) groups is 4. The Labute approximate surface area is 468 Å². The third-order valence-corrected chi connectivity index (χ3v) is 18.9. The molecule has 0 amide bonds. The van der Waals surface area contributed by atoms with Crippen molar-refractivity contribution in [3.63, 3.8) is 0 Å². The number of halogens is 2. The number of fused-ring (bicyclic) bond motifs is 5. The number of aromatic carboxylic acids is 4. The van der Waals surface area contributed by atoms with Gasteiger partial charge in [0.1, 0.15) is 24.3 Å². The first-order chi connectivity index (χ1) is 34.8. The molecule has 1 unspecified atom stereocenters. The van der Waals surface area contributed by atoms with Crippen LogP contribution in [0.2, 0.25) is 10.0 Å². The molecule has 0 bridgehead atoms. The molecule has 4 aromatic carbocycles. The topological polar surface area (TPSA) is 168 Å². The minimum Gasteiger partial charge on any atom is -0.486 e. The van der Waals surface area contributed by atoms with Crippen molar-refractivity contribution in [1.82, 2.24) is 0 Å². The maximum atomic E-state index is 13.0. The van der Waals surface area contributed by atoms with E-state index in [1.807, 2.05) is 6.08 Å². The van der Waals surface area contributed by atoms with Crippen LogP contribution in [0.3, 0.4) is 0 Å². The molecule has 0 heterocycles. The van der Waals surface area contributed by atoms with E-state index in [0.29, 0.717) is 56.9 Å². The van der Waals surface area contributed by atoms with E-state index in [1.165, 1.54) is 94.9 Å². The van der Waals surface area contributed by atoms with E-state index in [1.54, 1.807) is 48.5 Å². The Morgan fingerprint density at radius 1 is 0.649 bits per heavy atom. The Kier molecular flexibility index (Phi) is 18.9. The average molecular weight is 1060 g/mol. The van der Waals surface area contributed by atoms with Gasteiger partial charge >= 0.3 is 53.4 Å². The molecule has 13 heteroatoms. The van der Waals surface area contributed by atoms with Crippen LogP contribution in [-0.2, 0) is 13.2 Å². The Balaban J connectivity index is 0.00000800. The van der Waals surface area contributed by atoms with Crippen LogP contribution in [0.25, 0.3) is 5.57 Å². The molecular weight excluding hydrogens is 987 g/mol. The predicted molar refractivity (Wildman–Crippen MR) is 285 cm³/mol. The van der Waals surface area contributed by atoms with Gasteiger partial charge in [-0.3, -0.25) is 0 Å². The fourth-order valence-electron chi connectivity index (χ4n) is 14.6. The van der Waals surface area contributed by atoms with Crippen molar-refractivity contribution < 1.29 is 78.6 Å². The molecule has 4 aromatic rings. The second kappa shape index (κ2) is 24.3. The summed E-state index contributed by atoms with van der Waals surface area (Å²) >= 11 is 13.8. The predicted octanol–water partition coefficient (Wildman–Crippen LogP) is 12.9. The molecule has 0 aromatic heterocycles. The maximum Gasteiger partial charge on any atom is 1.00 e. The molecule has 9 atom stereocenters. The maximum absolute atomic E-state index is 13.0. The van der Waals surface area contributed by atoms with Gasteiger partial charge in [-0.1, -0.05) is 120 Å². The van der Waals surface area contributed by atoms with Crippen LogP contribution in [0.1, 0.15) is 188 Å². The van der Waals surface area contributed by atoms with Crippen LogP contribution in [0, 0.1) is 58.2 Å². The van der Waals surface area contributed by atoms with Gasteiger partial charge in [-0.2, -0.15) is 0 Å². The van der Waals surface area contributed by atoms with Gasteiger partial charge in [0.15, 0.2) is 11.5 Å². The fourth-order valence-corrected chi connectivity index (χ4v) is 15.2. The summed E-state index contributed by atoms with van der Waals surface area (Å²) in [6.45, 7) is 12.0. The first kappa shape index (κ1) is 57.4. The molecular formula is C61H72Cl2NaO10+.